The van der Waals surface area contributed by atoms with Crippen LogP contribution in [0.25, 0.3) is 33.1 Å². The Labute approximate surface area is 146 Å². The monoisotopic (exact) mass is 334 g/mol. The van der Waals surface area contributed by atoms with Gasteiger partial charge in [-0.1, -0.05) is 62.7 Å². The summed E-state index contributed by atoms with van der Waals surface area (Å²) in [7, 11) is 0. The van der Waals surface area contributed by atoms with E-state index in [-0.39, 0.29) is 5.41 Å². The van der Waals surface area contributed by atoms with Gasteiger partial charge in [-0.2, -0.15) is 0 Å². The van der Waals surface area contributed by atoms with Crippen LogP contribution in [0.3, 0.4) is 0 Å². The van der Waals surface area contributed by atoms with Gasteiger partial charge in [0.25, 0.3) is 0 Å². The number of halogens is 1. The fraction of sp³-hybridized carbons (Fsp3) is 0.182. The van der Waals surface area contributed by atoms with Crippen molar-refractivity contribution in [3.63, 3.8) is 0 Å². The largest absolute Gasteiger partial charge is 0.456 e. The summed E-state index contributed by atoms with van der Waals surface area (Å²) >= 11 is 6.15. The minimum Gasteiger partial charge on any atom is -0.456 e. The molecular weight excluding hydrogens is 316 g/mol. The fourth-order valence-electron chi connectivity index (χ4n) is 3.09. The first-order chi connectivity index (χ1) is 11.4. The molecule has 1 aromatic heterocycles. The normalized spacial score (nSPS) is 12.2. The van der Waals surface area contributed by atoms with Crippen LogP contribution >= 0.6 is 11.6 Å². The van der Waals surface area contributed by atoms with E-state index in [1.54, 1.807) is 0 Å². The summed E-state index contributed by atoms with van der Waals surface area (Å²) < 4.78 is 5.90. The molecule has 3 aromatic carbocycles. The highest BCUT2D eigenvalue weighted by Gasteiger charge is 2.13. The summed E-state index contributed by atoms with van der Waals surface area (Å²) in [4.78, 5) is 0. The van der Waals surface area contributed by atoms with Crippen molar-refractivity contribution in [2.45, 2.75) is 26.2 Å². The summed E-state index contributed by atoms with van der Waals surface area (Å²) in [5.41, 5.74) is 5.66. The van der Waals surface area contributed by atoms with Crippen molar-refractivity contribution < 1.29 is 4.42 Å². The second kappa shape index (κ2) is 5.39. The summed E-state index contributed by atoms with van der Waals surface area (Å²) in [6.07, 6.45) is 0. The summed E-state index contributed by atoms with van der Waals surface area (Å²) in [6, 6.07) is 20.9. The van der Waals surface area contributed by atoms with Crippen LogP contribution in [0.1, 0.15) is 26.3 Å². The molecule has 0 spiro atoms. The van der Waals surface area contributed by atoms with E-state index in [4.69, 9.17) is 16.0 Å². The predicted octanol–water partition coefficient (Wildman–Crippen LogP) is 7.20. The Morgan fingerprint density at radius 1 is 0.708 bits per heavy atom. The molecule has 0 amide bonds. The topological polar surface area (TPSA) is 13.1 Å². The third-order valence-electron chi connectivity index (χ3n) is 4.52. The van der Waals surface area contributed by atoms with Crippen LogP contribution in [-0.2, 0) is 5.41 Å². The average molecular weight is 335 g/mol. The quantitative estimate of drug-likeness (QED) is 0.358. The number of furan rings is 1. The highest BCUT2D eigenvalue weighted by atomic mass is 35.5. The first-order valence-corrected chi connectivity index (χ1v) is 8.52. The van der Waals surface area contributed by atoms with Gasteiger partial charge in [0.1, 0.15) is 11.2 Å². The fourth-order valence-corrected chi connectivity index (χ4v) is 3.26. The van der Waals surface area contributed by atoms with Crippen LogP contribution in [0, 0.1) is 0 Å². The van der Waals surface area contributed by atoms with Gasteiger partial charge < -0.3 is 4.42 Å². The highest BCUT2D eigenvalue weighted by molar-refractivity contribution is 6.31. The van der Waals surface area contributed by atoms with Crippen molar-refractivity contribution in [3.05, 3.63) is 71.2 Å². The number of rotatable bonds is 1. The molecule has 0 radical (unpaired) electrons. The van der Waals surface area contributed by atoms with E-state index in [0.717, 1.165) is 27.0 Å². The van der Waals surface area contributed by atoms with Crippen molar-refractivity contribution in [2.24, 2.45) is 0 Å². The molecule has 2 heteroatoms. The van der Waals surface area contributed by atoms with Crippen LogP contribution in [-0.4, -0.2) is 0 Å². The van der Waals surface area contributed by atoms with Crippen LogP contribution in [0.4, 0.5) is 0 Å². The standard InChI is InChI=1S/C22H19ClO/c1-22(2,3)16-7-4-14(5-8-16)15-6-10-20-18(12-15)19-13-17(23)9-11-21(19)24-20/h4-13H,1-3H3. The van der Waals surface area contributed by atoms with Crippen molar-refractivity contribution in [2.75, 3.05) is 0 Å². The zero-order chi connectivity index (χ0) is 16.9. The van der Waals surface area contributed by atoms with Gasteiger partial charge in [-0.05, 0) is 52.4 Å². The van der Waals surface area contributed by atoms with E-state index in [1.165, 1.54) is 16.7 Å². The summed E-state index contributed by atoms with van der Waals surface area (Å²) in [6.45, 7) is 6.69. The summed E-state index contributed by atoms with van der Waals surface area (Å²) in [5, 5.41) is 2.89. The molecule has 0 atom stereocenters. The minimum absolute atomic E-state index is 0.167. The van der Waals surface area contributed by atoms with Gasteiger partial charge in [-0.3, -0.25) is 0 Å². The Balaban J connectivity index is 1.85. The lowest BCUT2D eigenvalue weighted by molar-refractivity contribution is 0.590. The molecule has 4 aromatic rings. The molecule has 0 aliphatic carbocycles. The Morgan fingerprint density at radius 2 is 1.29 bits per heavy atom. The number of benzene rings is 3. The molecule has 0 N–H and O–H groups in total. The predicted molar refractivity (Wildman–Crippen MR) is 103 cm³/mol. The van der Waals surface area contributed by atoms with E-state index < -0.39 is 0 Å². The van der Waals surface area contributed by atoms with Crippen molar-refractivity contribution in [1.82, 2.24) is 0 Å². The molecule has 0 bridgehead atoms. The second-order valence-corrected chi connectivity index (χ2v) is 7.72. The van der Waals surface area contributed by atoms with E-state index >= 15 is 0 Å². The lowest BCUT2D eigenvalue weighted by Crippen LogP contribution is -2.10. The molecule has 0 saturated heterocycles. The third-order valence-corrected chi connectivity index (χ3v) is 4.75. The number of hydrogen-bond donors (Lipinski definition) is 0. The van der Waals surface area contributed by atoms with Gasteiger partial charge in [0.2, 0.25) is 0 Å². The molecule has 0 fully saturated rings. The van der Waals surface area contributed by atoms with Crippen LogP contribution < -0.4 is 0 Å². The van der Waals surface area contributed by atoms with E-state index in [9.17, 15) is 0 Å². The van der Waals surface area contributed by atoms with E-state index in [1.807, 2.05) is 24.3 Å². The zero-order valence-corrected chi connectivity index (χ0v) is 14.8. The Bertz CT molecular complexity index is 1030. The van der Waals surface area contributed by atoms with Crippen molar-refractivity contribution in [1.29, 1.82) is 0 Å². The molecular formula is C22H19ClO. The molecule has 1 heterocycles. The first-order valence-electron chi connectivity index (χ1n) is 8.14. The zero-order valence-electron chi connectivity index (χ0n) is 14.1. The molecule has 0 unspecified atom stereocenters. The molecule has 1 nitrogen and oxygen atoms in total. The molecule has 0 aliphatic heterocycles. The van der Waals surface area contributed by atoms with Gasteiger partial charge >= 0.3 is 0 Å². The average Bonchev–Trinajstić information content (AvgIpc) is 2.91. The van der Waals surface area contributed by atoms with E-state index in [0.29, 0.717) is 0 Å². The molecule has 120 valence electrons. The molecule has 0 saturated carbocycles. The second-order valence-electron chi connectivity index (χ2n) is 7.28. The van der Waals surface area contributed by atoms with Crippen molar-refractivity contribution in [3.8, 4) is 11.1 Å². The molecule has 4 rings (SSSR count). The lowest BCUT2D eigenvalue weighted by Gasteiger charge is -2.19. The SMILES string of the molecule is CC(C)(C)c1ccc(-c2ccc3oc4ccc(Cl)cc4c3c2)cc1. The smallest absolute Gasteiger partial charge is 0.135 e. The number of fused-ring (bicyclic) bond motifs is 3. The Morgan fingerprint density at radius 3 is 1.96 bits per heavy atom. The maximum Gasteiger partial charge on any atom is 0.135 e. The minimum atomic E-state index is 0.167. The van der Waals surface area contributed by atoms with Crippen molar-refractivity contribution >= 4 is 33.5 Å². The molecule has 24 heavy (non-hydrogen) atoms. The Kier molecular flexibility index (Phi) is 3.43. The maximum atomic E-state index is 6.15. The van der Waals surface area contributed by atoms with Gasteiger partial charge in [0.15, 0.2) is 0 Å². The first kappa shape index (κ1) is 15.3. The maximum absolute atomic E-state index is 6.15. The Hall–Kier alpha value is -2.25. The van der Waals surface area contributed by atoms with Gasteiger partial charge in [-0.15, -0.1) is 0 Å². The highest BCUT2D eigenvalue weighted by Crippen LogP contribution is 2.34. The van der Waals surface area contributed by atoms with Gasteiger partial charge in [0.05, 0.1) is 0 Å². The van der Waals surface area contributed by atoms with Gasteiger partial charge in [0, 0.05) is 15.8 Å². The van der Waals surface area contributed by atoms with Gasteiger partial charge in [-0.25, -0.2) is 0 Å². The van der Waals surface area contributed by atoms with Crippen LogP contribution in [0.5, 0.6) is 0 Å². The lowest BCUT2D eigenvalue weighted by atomic mass is 9.86. The van der Waals surface area contributed by atoms with Crippen LogP contribution in [0.2, 0.25) is 5.02 Å². The van der Waals surface area contributed by atoms with E-state index in [2.05, 4.69) is 57.2 Å². The molecule has 0 aliphatic rings. The summed E-state index contributed by atoms with van der Waals surface area (Å²) in [5.74, 6) is 0. The third kappa shape index (κ3) is 2.59. The van der Waals surface area contributed by atoms with Crippen LogP contribution in [0.15, 0.2) is 65.1 Å². The number of hydrogen-bond acceptors (Lipinski definition) is 1.